The van der Waals surface area contributed by atoms with E-state index in [-0.39, 0.29) is 6.04 Å². The Labute approximate surface area is 79.5 Å². The second kappa shape index (κ2) is 4.19. The highest BCUT2D eigenvalue weighted by Gasteiger charge is 2.08. The summed E-state index contributed by atoms with van der Waals surface area (Å²) in [6.07, 6.45) is 4.45. The summed E-state index contributed by atoms with van der Waals surface area (Å²) in [6.45, 7) is 7.74. The number of nitrogens with zero attached hydrogens (tertiary/aromatic N) is 1. The summed E-state index contributed by atoms with van der Waals surface area (Å²) in [7, 11) is 0. The smallest absolute Gasteiger partial charge is 0.0603 e. The van der Waals surface area contributed by atoms with Crippen molar-refractivity contribution < 1.29 is 0 Å². The number of pyridine rings is 1. The van der Waals surface area contributed by atoms with E-state index in [1.807, 2.05) is 26.1 Å². The lowest BCUT2D eigenvalue weighted by atomic mass is 10.0. The molecule has 13 heavy (non-hydrogen) atoms. The van der Waals surface area contributed by atoms with Crippen LogP contribution in [0.5, 0.6) is 0 Å². The van der Waals surface area contributed by atoms with E-state index < -0.39 is 0 Å². The number of hydrogen-bond acceptors (Lipinski definition) is 2. The van der Waals surface area contributed by atoms with Gasteiger partial charge < -0.3 is 5.73 Å². The maximum absolute atomic E-state index is 5.92. The van der Waals surface area contributed by atoms with Gasteiger partial charge in [-0.05, 0) is 31.4 Å². The lowest BCUT2D eigenvalue weighted by Gasteiger charge is -2.11. The number of aromatic nitrogens is 1. The second-order valence-corrected chi connectivity index (χ2v) is 3.35. The van der Waals surface area contributed by atoms with Gasteiger partial charge in [-0.2, -0.15) is 0 Å². The molecule has 0 aliphatic heterocycles. The van der Waals surface area contributed by atoms with E-state index in [2.05, 4.69) is 17.6 Å². The lowest BCUT2D eigenvalue weighted by molar-refractivity contribution is 0.706. The van der Waals surface area contributed by atoms with Crippen LogP contribution in [0.25, 0.3) is 0 Å². The fourth-order valence-electron chi connectivity index (χ4n) is 1.41. The molecule has 1 aromatic rings. The SMILES string of the molecule is C=CCC(N)c1ncc(C)cc1C. The van der Waals surface area contributed by atoms with Gasteiger partial charge >= 0.3 is 0 Å². The largest absolute Gasteiger partial charge is 0.322 e. The molecular weight excluding hydrogens is 160 g/mol. The van der Waals surface area contributed by atoms with E-state index in [4.69, 9.17) is 5.73 Å². The Morgan fingerprint density at radius 1 is 1.62 bits per heavy atom. The standard InChI is InChI=1S/C11H16N2/c1-4-5-10(12)11-9(3)6-8(2)7-13-11/h4,6-7,10H,1,5,12H2,2-3H3. The first-order chi connectivity index (χ1) is 6.15. The van der Waals surface area contributed by atoms with Gasteiger partial charge in [0.05, 0.1) is 11.7 Å². The van der Waals surface area contributed by atoms with Crippen molar-refractivity contribution in [3.05, 3.63) is 41.7 Å². The molecule has 0 saturated heterocycles. The van der Waals surface area contributed by atoms with Crippen molar-refractivity contribution in [3.8, 4) is 0 Å². The third-order valence-electron chi connectivity index (χ3n) is 2.03. The van der Waals surface area contributed by atoms with E-state index in [9.17, 15) is 0 Å². The molecule has 0 spiro atoms. The van der Waals surface area contributed by atoms with Gasteiger partial charge in [0.25, 0.3) is 0 Å². The van der Waals surface area contributed by atoms with Crippen molar-refractivity contribution >= 4 is 0 Å². The molecule has 1 heterocycles. The molecule has 1 aromatic heterocycles. The second-order valence-electron chi connectivity index (χ2n) is 3.35. The van der Waals surface area contributed by atoms with Crippen molar-refractivity contribution in [2.24, 2.45) is 5.73 Å². The molecule has 1 rings (SSSR count). The first-order valence-electron chi connectivity index (χ1n) is 4.44. The van der Waals surface area contributed by atoms with Crippen LogP contribution in [0.3, 0.4) is 0 Å². The Kier molecular flexibility index (Phi) is 3.20. The van der Waals surface area contributed by atoms with Gasteiger partial charge in [0.2, 0.25) is 0 Å². The molecule has 0 amide bonds. The normalized spacial score (nSPS) is 12.5. The molecule has 0 saturated carbocycles. The number of nitrogens with two attached hydrogens (primary N) is 1. The van der Waals surface area contributed by atoms with E-state index in [1.165, 1.54) is 5.56 Å². The zero-order valence-corrected chi connectivity index (χ0v) is 8.25. The van der Waals surface area contributed by atoms with Gasteiger partial charge in [-0.1, -0.05) is 12.1 Å². The highest BCUT2D eigenvalue weighted by atomic mass is 14.8. The summed E-state index contributed by atoms with van der Waals surface area (Å²) in [5.74, 6) is 0. The Morgan fingerprint density at radius 3 is 2.85 bits per heavy atom. The Balaban J connectivity index is 2.94. The minimum Gasteiger partial charge on any atom is -0.322 e. The summed E-state index contributed by atoms with van der Waals surface area (Å²) in [6, 6.07) is 2.09. The third kappa shape index (κ3) is 2.39. The van der Waals surface area contributed by atoms with Gasteiger partial charge in [0.1, 0.15) is 0 Å². The van der Waals surface area contributed by atoms with Crippen LogP contribution in [0, 0.1) is 13.8 Å². The third-order valence-corrected chi connectivity index (χ3v) is 2.03. The molecule has 0 aliphatic carbocycles. The number of hydrogen-bond donors (Lipinski definition) is 1. The molecule has 0 radical (unpaired) electrons. The van der Waals surface area contributed by atoms with Gasteiger partial charge in [-0.25, -0.2) is 0 Å². The molecule has 0 aromatic carbocycles. The van der Waals surface area contributed by atoms with Crippen molar-refractivity contribution in [2.75, 3.05) is 0 Å². The maximum Gasteiger partial charge on any atom is 0.0603 e. The highest BCUT2D eigenvalue weighted by molar-refractivity contribution is 5.25. The summed E-state index contributed by atoms with van der Waals surface area (Å²) in [4.78, 5) is 4.32. The Hall–Kier alpha value is -1.15. The van der Waals surface area contributed by atoms with Crippen molar-refractivity contribution in [1.82, 2.24) is 4.98 Å². The van der Waals surface area contributed by atoms with Gasteiger partial charge in [-0.3, -0.25) is 4.98 Å². The average Bonchev–Trinajstić information content (AvgIpc) is 2.04. The van der Waals surface area contributed by atoms with Crippen LogP contribution in [0.1, 0.15) is 29.3 Å². The molecule has 0 fully saturated rings. The zero-order valence-electron chi connectivity index (χ0n) is 8.25. The monoisotopic (exact) mass is 176 g/mol. The van der Waals surface area contributed by atoms with Crippen LogP contribution in [0.2, 0.25) is 0 Å². The maximum atomic E-state index is 5.92. The van der Waals surface area contributed by atoms with Crippen LogP contribution in [-0.4, -0.2) is 4.98 Å². The molecular formula is C11H16N2. The Bertz CT molecular complexity index is 305. The zero-order chi connectivity index (χ0) is 9.84. The minimum atomic E-state index is -0.0156. The Morgan fingerprint density at radius 2 is 2.31 bits per heavy atom. The molecule has 1 atom stereocenters. The molecule has 0 bridgehead atoms. The fourth-order valence-corrected chi connectivity index (χ4v) is 1.41. The van der Waals surface area contributed by atoms with Crippen molar-refractivity contribution in [3.63, 3.8) is 0 Å². The highest BCUT2D eigenvalue weighted by Crippen LogP contribution is 2.16. The molecule has 0 aliphatic rings. The molecule has 1 unspecified atom stereocenters. The first-order valence-corrected chi connectivity index (χ1v) is 4.44. The van der Waals surface area contributed by atoms with E-state index in [1.54, 1.807) is 0 Å². The fraction of sp³-hybridized carbons (Fsp3) is 0.364. The predicted octanol–water partition coefficient (Wildman–Crippen LogP) is 2.27. The van der Waals surface area contributed by atoms with Crippen LogP contribution < -0.4 is 5.73 Å². The van der Waals surface area contributed by atoms with Crippen LogP contribution in [0.4, 0.5) is 0 Å². The average molecular weight is 176 g/mol. The van der Waals surface area contributed by atoms with Gasteiger partial charge in [0, 0.05) is 6.20 Å². The minimum absolute atomic E-state index is 0.0156. The van der Waals surface area contributed by atoms with Crippen LogP contribution in [-0.2, 0) is 0 Å². The molecule has 2 heteroatoms. The molecule has 2 N–H and O–H groups in total. The summed E-state index contributed by atoms with van der Waals surface area (Å²) in [5.41, 5.74) is 9.23. The molecule has 70 valence electrons. The molecule has 2 nitrogen and oxygen atoms in total. The first kappa shape index (κ1) is 9.93. The van der Waals surface area contributed by atoms with Crippen molar-refractivity contribution in [2.45, 2.75) is 26.3 Å². The van der Waals surface area contributed by atoms with Gasteiger partial charge in [-0.15, -0.1) is 6.58 Å². The summed E-state index contributed by atoms with van der Waals surface area (Å²) < 4.78 is 0. The van der Waals surface area contributed by atoms with Crippen molar-refractivity contribution in [1.29, 1.82) is 0 Å². The summed E-state index contributed by atoms with van der Waals surface area (Å²) in [5, 5.41) is 0. The van der Waals surface area contributed by atoms with Gasteiger partial charge in [0.15, 0.2) is 0 Å². The number of rotatable bonds is 3. The number of aryl methyl sites for hydroxylation is 2. The van der Waals surface area contributed by atoms with Crippen LogP contribution in [0.15, 0.2) is 24.9 Å². The quantitative estimate of drug-likeness (QED) is 0.717. The van der Waals surface area contributed by atoms with E-state index >= 15 is 0 Å². The topological polar surface area (TPSA) is 38.9 Å². The lowest BCUT2D eigenvalue weighted by Crippen LogP contribution is -2.12. The van der Waals surface area contributed by atoms with E-state index in [0.29, 0.717) is 0 Å². The van der Waals surface area contributed by atoms with E-state index in [0.717, 1.165) is 17.7 Å². The summed E-state index contributed by atoms with van der Waals surface area (Å²) >= 11 is 0. The van der Waals surface area contributed by atoms with Crippen LogP contribution >= 0.6 is 0 Å². The predicted molar refractivity (Wildman–Crippen MR) is 55.5 cm³/mol.